The highest BCUT2D eigenvalue weighted by Crippen LogP contribution is 2.21. The lowest BCUT2D eigenvalue weighted by Crippen LogP contribution is -2.39. The van der Waals surface area contributed by atoms with E-state index in [9.17, 15) is 8.42 Å². The minimum absolute atomic E-state index is 0.0205. The van der Waals surface area contributed by atoms with E-state index in [-0.39, 0.29) is 12.2 Å². The van der Waals surface area contributed by atoms with Crippen LogP contribution in [0.4, 0.5) is 0 Å². The Bertz CT molecular complexity index is 510. The van der Waals surface area contributed by atoms with Crippen LogP contribution < -0.4 is 4.18 Å². The Hall–Kier alpha value is -1.15. The highest BCUT2D eigenvalue weighted by molar-refractivity contribution is 7.84. The van der Waals surface area contributed by atoms with Crippen molar-refractivity contribution in [3.05, 3.63) is 30.3 Å². The van der Waals surface area contributed by atoms with Crippen LogP contribution in [-0.4, -0.2) is 51.2 Å². The van der Waals surface area contributed by atoms with Gasteiger partial charge in [-0.05, 0) is 12.1 Å². The Kier molecular flexibility index (Phi) is 3.44. The number of hydrogen-bond acceptors (Lipinski definition) is 5. The van der Waals surface area contributed by atoms with E-state index in [2.05, 4.69) is 0 Å². The van der Waals surface area contributed by atoms with Gasteiger partial charge >= 0.3 is 10.3 Å². The fourth-order valence-corrected chi connectivity index (χ4v) is 2.87. The topological polar surface area (TPSA) is 71.7 Å². The Labute approximate surface area is 112 Å². The Morgan fingerprint density at radius 2 is 1.63 bits per heavy atom. The standard InChI is InChI=1S/C12H15NO5S/c14-19(15,18-10-4-2-1-3-5-10)13(6-11-8-16-11)7-12-9-17-12/h1-5,11-12H,6-9H2. The van der Waals surface area contributed by atoms with E-state index in [1.54, 1.807) is 30.3 Å². The monoisotopic (exact) mass is 285 g/mol. The summed E-state index contributed by atoms with van der Waals surface area (Å²) in [5, 5.41) is 0. The van der Waals surface area contributed by atoms with Gasteiger partial charge < -0.3 is 13.7 Å². The molecule has 19 heavy (non-hydrogen) atoms. The van der Waals surface area contributed by atoms with Crippen LogP contribution in [0.2, 0.25) is 0 Å². The zero-order valence-electron chi connectivity index (χ0n) is 10.3. The molecule has 0 radical (unpaired) electrons. The predicted octanol–water partition coefficient (Wildman–Crippen LogP) is 0.410. The lowest BCUT2D eigenvalue weighted by Gasteiger charge is -2.19. The summed E-state index contributed by atoms with van der Waals surface area (Å²) in [5.41, 5.74) is 0. The fourth-order valence-electron chi connectivity index (χ4n) is 1.71. The van der Waals surface area contributed by atoms with Gasteiger partial charge in [0.15, 0.2) is 0 Å². The van der Waals surface area contributed by atoms with Crippen LogP contribution in [0.25, 0.3) is 0 Å². The van der Waals surface area contributed by atoms with Crippen LogP contribution in [0, 0.1) is 0 Å². The molecule has 7 heteroatoms. The molecule has 2 fully saturated rings. The van der Waals surface area contributed by atoms with Gasteiger partial charge in [-0.15, -0.1) is 0 Å². The number of benzene rings is 1. The first-order chi connectivity index (χ1) is 9.13. The minimum atomic E-state index is -3.81. The average Bonchev–Trinajstić information content (AvgIpc) is 3.24. The fraction of sp³-hybridized carbons (Fsp3) is 0.500. The normalized spacial score (nSPS) is 25.3. The highest BCUT2D eigenvalue weighted by atomic mass is 32.2. The molecule has 3 rings (SSSR count). The summed E-state index contributed by atoms with van der Waals surface area (Å²) in [6, 6.07) is 8.47. The van der Waals surface area contributed by atoms with Crippen molar-refractivity contribution in [2.45, 2.75) is 12.2 Å². The van der Waals surface area contributed by atoms with Crippen molar-refractivity contribution in [3.8, 4) is 5.75 Å². The van der Waals surface area contributed by atoms with E-state index in [0.717, 1.165) is 0 Å². The summed E-state index contributed by atoms with van der Waals surface area (Å²) >= 11 is 0. The quantitative estimate of drug-likeness (QED) is 0.679. The Balaban J connectivity index is 1.70. The van der Waals surface area contributed by atoms with Crippen LogP contribution in [0.5, 0.6) is 5.75 Å². The summed E-state index contributed by atoms with van der Waals surface area (Å²) in [6.07, 6.45) is -0.0409. The third-order valence-corrected chi connectivity index (χ3v) is 4.21. The molecule has 0 spiro atoms. The van der Waals surface area contributed by atoms with Crippen molar-refractivity contribution in [2.24, 2.45) is 0 Å². The molecule has 2 aliphatic heterocycles. The zero-order chi connectivity index (χ0) is 13.3. The van der Waals surface area contributed by atoms with Gasteiger partial charge in [-0.1, -0.05) is 18.2 Å². The molecule has 2 heterocycles. The lowest BCUT2D eigenvalue weighted by molar-refractivity contribution is 0.285. The molecule has 0 bridgehead atoms. The van der Waals surface area contributed by atoms with Gasteiger partial charge in [0.1, 0.15) is 5.75 Å². The highest BCUT2D eigenvalue weighted by Gasteiger charge is 2.37. The summed E-state index contributed by atoms with van der Waals surface area (Å²) in [5.74, 6) is 0.306. The maximum atomic E-state index is 12.2. The van der Waals surface area contributed by atoms with Crippen molar-refractivity contribution >= 4 is 10.3 Å². The molecule has 2 atom stereocenters. The van der Waals surface area contributed by atoms with Crippen LogP contribution >= 0.6 is 0 Å². The third kappa shape index (κ3) is 3.66. The van der Waals surface area contributed by atoms with Gasteiger partial charge in [-0.25, -0.2) is 0 Å². The molecule has 0 amide bonds. The molecule has 2 aliphatic rings. The van der Waals surface area contributed by atoms with E-state index in [1.807, 2.05) is 0 Å². The van der Waals surface area contributed by atoms with Gasteiger partial charge in [-0.3, -0.25) is 0 Å². The van der Waals surface area contributed by atoms with Crippen molar-refractivity contribution in [3.63, 3.8) is 0 Å². The number of hydrogen-bond donors (Lipinski definition) is 0. The first-order valence-corrected chi connectivity index (χ1v) is 7.48. The third-order valence-electron chi connectivity index (χ3n) is 2.88. The largest absolute Gasteiger partial charge is 0.385 e. The molecule has 104 valence electrons. The predicted molar refractivity (Wildman–Crippen MR) is 67.0 cm³/mol. The molecule has 0 aromatic heterocycles. The van der Waals surface area contributed by atoms with Gasteiger partial charge in [0, 0.05) is 13.1 Å². The molecule has 0 N–H and O–H groups in total. The van der Waals surface area contributed by atoms with E-state index in [0.29, 0.717) is 32.1 Å². The molecule has 1 aromatic rings. The van der Waals surface area contributed by atoms with Crippen molar-refractivity contribution in [1.29, 1.82) is 0 Å². The SMILES string of the molecule is O=S(=O)(Oc1ccccc1)N(CC1CO1)CC1CO1. The number of epoxide rings is 2. The van der Waals surface area contributed by atoms with Crippen molar-refractivity contribution in [1.82, 2.24) is 4.31 Å². The smallest absolute Gasteiger partial charge is 0.372 e. The summed E-state index contributed by atoms with van der Waals surface area (Å²) in [7, 11) is -3.81. The van der Waals surface area contributed by atoms with Crippen molar-refractivity contribution in [2.75, 3.05) is 26.3 Å². The van der Waals surface area contributed by atoms with Crippen LogP contribution in [0.1, 0.15) is 0 Å². The average molecular weight is 285 g/mol. The number of ether oxygens (including phenoxy) is 2. The molecule has 0 saturated carbocycles. The van der Waals surface area contributed by atoms with Crippen LogP contribution in [0.3, 0.4) is 0 Å². The second kappa shape index (κ2) is 5.09. The summed E-state index contributed by atoms with van der Waals surface area (Å²) in [6.45, 7) is 1.83. The summed E-state index contributed by atoms with van der Waals surface area (Å²) < 4.78 is 41.0. The van der Waals surface area contributed by atoms with E-state index >= 15 is 0 Å². The van der Waals surface area contributed by atoms with Crippen LogP contribution in [-0.2, 0) is 19.8 Å². The van der Waals surface area contributed by atoms with Gasteiger partial charge in [0.05, 0.1) is 25.4 Å². The second-order valence-corrected chi connectivity index (χ2v) is 6.12. The van der Waals surface area contributed by atoms with Gasteiger partial charge in [0.25, 0.3) is 0 Å². The van der Waals surface area contributed by atoms with Crippen molar-refractivity contribution < 1.29 is 22.1 Å². The van der Waals surface area contributed by atoms with E-state index in [4.69, 9.17) is 13.7 Å². The first kappa shape index (κ1) is 12.9. The lowest BCUT2D eigenvalue weighted by atomic mass is 10.3. The number of para-hydroxylation sites is 1. The Morgan fingerprint density at radius 3 is 2.11 bits per heavy atom. The molecule has 2 saturated heterocycles. The Morgan fingerprint density at radius 1 is 1.11 bits per heavy atom. The molecule has 0 aliphatic carbocycles. The molecular formula is C12H15NO5S. The molecule has 2 unspecified atom stereocenters. The first-order valence-electron chi connectivity index (χ1n) is 6.11. The molecular weight excluding hydrogens is 270 g/mol. The number of nitrogens with zero attached hydrogens (tertiary/aromatic N) is 1. The van der Waals surface area contributed by atoms with Crippen LogP contribution in [0.15, 0.2) is 30.3 Å². The number of rotatable bonds is 7. The summed E-state index contributed by atoms with van der Waals surface area (Å²) in [4.78, 5) is 0. The minimum Gasteiger partial charge on any atom is -0.372 e. The van der Waals surface area contributed by atoms with E-state index in [1.165, 1.54) is 4.31 Å². The second-order valence-electron chi connectivity index (χ2n) is 4.58. The van der Waals surface area contributed by atoms with Gasteiger partial charge in [0.2, 0.25) is 0 Å². The van der Waals surface area contributed by atoms with Gasteiger partial charge in [-0.2, -0.15) is 12.7 Å². The zero-order valence-corrected chi connectivity index (χ0v) is 11.1. The molecule has 6 nitrogen and oxygen atoms in total. The maximum absolute atomic E-state index is 12.2. The molecule has 1 aromatic carbocycles. The van der Waals surface area contributed by atoms with E-state index < -0.39 is 10.3 Å². The maximum Gasteiger partial charge on any atom is 0.385 e.